The Labute approximate surface area is 217 Å². The van der Waals surface area contributed by atoms with Crippen molar-refractivity contribution in [1.82, 2.24) is 0 Å². The first-order chi connectivity index (χ1) is 16.4. The van der Waals surface area contributed by atoms with Crippen LogP contribution in [-0.4, -0.2) is 21.9 Å². The highest BCUT2D eigenvalue weighted by Gasteiger charge is 2.59. The normalized spacial score (nSPS) is 40.7. The lowest BCUT2D eigenvalue weighted by molar-refractivity contribution is -0.0573. The van der Waals surface area contributed by atoms with E-state index >= 15 is 0 Å². The van der Waals surface area contributed by atoms with Crippen molar-refractivity contribution in [2.75, 3.05) is 0 Å². The van der Waals surface area contributed by atoms with Crippen LogP contribution < -0.4 is 0 Å². The maximum absolute atomic E-state index is 10.2. The predicted octanol–water partition coefficient (Wildman–Crippen LogP) is 8.17. The van der Waals surface area contributed by atoms with Crippen LogP contribution in [0.3, 0.4) is 0 Å². The highest BCUT2D eigenvalue weighted by atomic mass is 16.3. The Bertz CT molecular complexity index is 772. The van der Waals surface area contributed by atoms with Crippen molar-refractivity contribution >= 4 is 0 Å². The summed E-state index contributed by atoms with van der Waals surface area (Å²) in [7, 11) is 0. The van der Waals surface area contributed by atoms with Gasteiger partial charge in [0.15, 0.2) is 0 Å². The molecule has 4 aliphatic rings. The molecule has 4 aliphatic carbocycles. The minimum absolute atomic E-state index is 0.0766. The fourth-order valence-electron chi connectivity index (χ4n) is 8.77. The highest BCUT2D eigenvalue weighted by molar-refractivity contribution is 5.25. The second kappa shape index (κ2) is 11.3. The van der Waals surface area contributed by atoms with Gasteiger partial charge in [-0.2, -0.15) is 0 Å². The Morgan fingerprint density at radius 3 is 2.40 bits per heavy atom. The molecule has 9 atom stereocenters. The average molecular weight is 485 g/mol. The number of fused-ring (bicyclic) bond motifs is 5. The molecular weight excluding hydrogens is 428 g/mol. The van der Waals surface area contributed by atoms with Gasteiger partial charge in [0.25, 0.3) is 0 Å². The van der Waals surface area contributed by atoms with Gasteiger partial charge in [0.2, 0.25) is 0 Å². The van der Waals surface area contributed by atoms with Gasteiger partial charge < -0.3 is 10.2 Å². The number of aliphatic hydroxyl groups excluding tert-OH is 1. The third-order valence-corrected chi connectivity index (χ3v) is 11.3. The fraction of sp³-hybridized carbons (Fsp3) is 0.879. The van der Waals surface area contributed by atoms with Crippen LogP contribution in [0.1, 0.15) is 126 Å². The van der Waals surface area contributed by atoms with E-state index in [1.165, 1.54) is 57.8 Å². The minimum atomic E-state index is -0.889. The molecule has 0 spiro atoms. The smallest absolute Gasteiger partial charge is 0.122 e. The molecule has 0 saturated heterocycles. The van der Waals surface area contributed by atoms with Gasteiger partial charge in [-0.3, -0.25) is 0 Å². The molecule has 0 aromatic rings. The second-order valence-corrected chi connectivity index (χ2v) is 14.0. The lowest BCUT2D eigenvalue weighted by atomic mass is 9.47. The van der Waals surface area contributed by atoms with Gasteiger partial charge in [0.1, 0.15) is 5.60 Å². The molecule has 3 fully saturated rings. The van der Waals surface area contributed by atoms with Crippen LogP contribution in [0, 0.1) is 58.7 Å². The van der Waals surface area contributed by atoms with Crippen molar-refractivity contribution in [3.63, 3.8) is 0 Å². The molecule has 0 aliphatic heterocycles. The Balaban J connectivity index is 0.000000429. The fourth-order valence-corrected chi connectivity index (χ4v) is 8.77. The summed E-state index contributed by atoms with van der Waals surface area (Å²) < 4.78 is 0. The van der Waals surface area contributed by atoms with Gasteiger partial charge in [-0.15, -0.1) is 6.42 Å². The minimum Gasteiger partial charge on any atom is -0.393 e. The van der Waals surface area contributed by atoms with E-state index in [0.717, 1.165) is 48.3 Å². The first-order valence-corrected chi connectivity index (χ1v) is 15.0. The largest absolute Gasteiger partial charge is 0.393 e. The van der Waals surface area contributed by atoms with E-state index in [1.807, 2.05) is 6.92 Å². The molecule has 2 nitrogen and oxygen atoms in total. The van der Waals surface area contributed by atoms with Gasteiger partial charge in [0, 0.05) is 0 Å². The van der Waals surface area contributed by atoms with Crippen LogP contribution in [0.5, 0.6) is 0 Å². The lowest BCUT2D eigenvalue weighted by Crippen LogP contribution is -2.50. The van der Waals surface area contributed by atoms with E-state index in [1.54, 1.807) is 12.5 Å². The summed E-state index contributed by atoms with van der Waals surface area (Å²) in [5, 5.41) is 19.1. The number of aliphatic hydroxyl groups is 2. The second-order valence-electron chi connectivity index (χ2n) is 14.0. The molecule has 0 bridgehead atoms. The lowest BCUT2D eigenvalue weighted by Gasteiger charge is -2.58. The Hall–Kier alpha value is -0.780. The topological polar surface area (TPSA) is 40.5 Å². The molecule has 3 saturated carbocycles. The standard InChI is InChI=1S/C27H46O.C6H10O/c1-18(2)7-6-8-19(3)23-11-12-24-22-10-9-20-17-21(28)13-15-26(20,4)25(22)14-16-27(23,24)5;1-4-6(3,7)5-2/h9,18-19,21-25,28H,6-8,10-17H2,1-5H3;1,7H,5H2,2-3H3/t19-,21+,22+,23-,24+,25+,26+,27-;/m1./s1. The third kappa shape index (κ3) is 6.04. The van der Waals surface area contributed by atoms with Crippen LogP contribution >= 0.6 is 0 Å². The number of rotatable bonds is 6. The van der Waals surface area contributed by atoms with Gasteiger partial charge >= 0.3 is 0 Å². The summed E-state index contributed by atoms with van der Waals surface area (Å²) >= 11 is 0. The summed E-state index contributed by atoms with van der Waals surface area (Å²) in [5.74, 6) is 7.70. The average Bonchev–Trinajstić information content (AvgIpc) is 3.17. The molecule has 2 heteroatoms. The molecule has 0 aromatic carbocycles. The molecule has 0 heterocycles. The zero-order valence-electron chi connectivity index (χ0n) is 24.1. The molecule has 2 N–H and O–H groups in total. The predicted molar refractivity (Wildman–Crippen MR) is 149 cm³/mol. The molecule has 0 amide bonds. The summed E-state index contributed by atoms with van der Waals surface area (Å²) in [6.07, 6.45) is 22.7. The monoisotopic (exact) mass is 484 g/mol. The summed E-state index contributed by atoms with van der Waals surface area (Å²) in [6.45, 7) is 16.0. The number of hydrogen-bond acceptors (Lipinski definition) is 2. The van der Waals surface area contributed by atoms with Crippen molar-refractivity contribution in [2.24, 2.45) is 46.3 Å². The third-order valence-electron chi connectivity index (χ3n) is 11.3. The number of terminal acetylenes is 1. The van der Waals surface area contributed by atoms with E-state index in [2.05, 4.69) is 46.6 Å². The van der Waals surface area contributed by atoms with Crippen LogP contribution in [0.15, 0.2) is 11.6 Å². The van der Waals surface area contributed by atoms with Crippen LogP contribution in [0.4, 0.5) is 0 Å². The van der Waals surface area contributed by atoms with Crippen molar-refractivity contribution in [1.29, 1.82) is 0 Å². The number of hydrogen-bond donors (Lipinski definition) is 2. The highest BCUT2D eigenvalue weighted by Crippen LogP contribution is 2.67. The zero-order chi connectivity index (χ0) is 26.0. The van der Waals surface area contributed by atoms with Crippen molar-refractivity contribution < 1.29 is 10.2 Å². The summed E-state index contributed by atoms with van der Waals surface area (Å²) in [6, 6.07) is 0. The molecule has 35 heavy (non-hydrogen) atoms. The molecule has 4 rings (SSSR count). The SMILES string of the molecule is C#CC(C)(O)CC.CC(C)CCC[C@@H](C)[C@H]1CC[C@H]2[C@@H]3CC=C4C[C@@H](O)CC[C@]4(C)[C@H]3CC[C@]12C. The first kappa shape index (κ1) is 28.8. The molecule has 0 aromatic heterocycles. The van der Waals surface area contributed by atoms with Crippen molar-refractivity contribution in [3.05, 3.63) is 11.6 Å². The van der Waals surface area contributed by atoms with E-state index in [4.69, 9.17) is 11.5 Å². The van der Waals surface area contributed by atoms with E-state index in [0.29, 0.717) is 17.3 Å². The first-order valence-electron chi connectivity index (χ1n) is 15.0. The van der Waals surface area contributed by atoms with E-state index in [-0.39, 0.29) is 6.10 Å². The molecule has 1 unspecified atom stereocenters. The Kier molecular flexibility index (Phi) is 9.30. The zero-order valence-corrected chi connectivity index (χ0v) is 24.1. The van der Waals surface area contributed by atoms with Gasteiger partial charge in [-0.1, -0.05) is 78.4 Å². The van der Waals surface area contributed by atoms with Crippen LogP contribution in [0.2, 0.25) is 0 Å². The van der Waals surface area contributed by atoms with Crippen molar-refractivity contribution in [2.45, 2.75) is 137 Å². The molecule has 200 valence electrons. The summed E-state index contributed by atoms with van der Waals surface area (Å²) in [4.78, 5) is 0. The van der Waals surface area contributed by atoms with Gasteiger partial charge in [-0.05, 0) is 111 Å². The van der Waals surface area contributed by atoms with E-state index < -0.39 is 5.60 Å². The van der Waals surface area contributed by atoms with Gasteiger partial charge in [-0.25, -0.2) is 0 Å². The maximum atomic E-state index is 10.2. The molecular formula is C33H56O2. The number of allylic oxidation sites excluding steroid dienone is 1. The Morgan fingerprint density at radius 2 is 1.80 bits per heavy atom. The summed E-state index contributed by atoms with van der Waals surface area (Å²) in [5.41, 5.74) is 1.71. The Morgan fingerprint density at radius 1 is 1.09 bits per heavy atom. The maximum Gasteiger partial charge on any atom is 0.122 e. The van der Waals surface area contributed by atoms with Crippen LogP contribution in [-0.2, 0) is 0 Å². The van der Waals surface area contributed by atoms with Gasteiger partial charge in [0.05, 0.1) is 6.10 Å². The van der Waals surface area contributed by atoms with Crippen molar-refractivity contribution in [3.8, 4) is 12.3 Å². The van der Waals surface area contributed by atoms with E-state index in [9.17, 15) is 5.11 Å². The quantitative estimate of drug-likeness (QED) is 0.295. The van der Waals surface area contributed by atoms with Crippen LogP contribution in [0.25, 0.3) is 0 Å². The molecule has 0 radical (unpaired) electrons.